The molecule has 100 valence electrons. The van der Waals surface area contributed by atoms with Gasteiger partial charge in [-0.3, -0.25) is 0 Å². The minimum Gasteiger partial charge on any atom is -0.310 e. The fourth-order valence-corrected chi connectivity index (χ4v) is 3.58. The maximum absolute atomic E-state index is 6.03. The van der Waals surface area contributed by atoms with Crippen LogP contribution in [0.2, 0.25) is 0 Å². The van der Waals surface area contributed by atoms with Gasteiger partial charge in [0, 0.05) is 18.5 Å². The van der Waals surface area contributed by atoms with E-state index in [1.54, 1.807) is 0 Å². The normalized spacial score (nSPS) is 23.6. The molecule has 0 saturated heterocycles. The van der Waals surface area contributed by atoms with Gasteiger partial charge in [0.2, 0.25) is 0 Å². The molecule has 2 heteroatoms. The van der Waals surface area contributed by atoms with Crippen molar-refractivity contribution in [3.63, 3.8) is 0 Å². The second kappa shape index (κ2) is 6.08. The molecule has 1 saturated carbocycles. The summed E-state index contributed by atoms with van der Waals surface area (Å²) in [5.74, 6) is 1.46. The number of alkyl halides is 1. The van der Waals surface area contributed by atoms with Crippen molar-refractivity contribution in [1.82, 2.24) is 5.32 Å². The molecule has 0 aromatic heterocycles. The first-order chi connectivity index (χ1) is 8.61. The molecule has 1 nitrogen and oxygen atoms in total. The first-order valence-corrected chi connectivity index (χ1v) is 7.51. The molecule has 18 heavy (non-hydrogen) atoms. The number of halogens is 1. The maximum Gasteiger partial charge on any atom is 0.0266 e. The summed E-state index contributed by atoms with van der Waals surface area (Å²) in [6, 6.07) is 5.16. The van der Waals surface area contributed by atoms with Crippen LogP contribution in [0.5, 0.6) is 0 Å². The van der Waals surface area contributed by atoms with Crippen LogP contribution in [0.25, 0.3) is 0 Å². The summed E-state index contributed by atoms with van der Waals surface area (Å²) < 4.78 is 0. The highest BCUT2D eigenvalue weighted by Gasteiger charge is 2.25. The van der Waals surface area contributed by atoms with Gasteiger partial charge >= 0.3 is 0 Å². The van der Waals surface area contributed by atoms with Crippen LogP contribution in [0.1, 0.15) is 41.5 Å². The molecule has 0 amide bonds. The lowest BCUT2D eigenvalue weighted by molar-refractivity contribution is 0.429. The van der Waals surface area contributed by atoms with E-state index in [4.69, 9.17) is 11.6 Å². The van der Waals surface area contributed by atoms with Crippen molar-refractivity contribution in [3.8, 4) is 0 Å². The highest BCUT2D eigenvalue weighted by molar-refractivity contribution is 6.18. The molecule has 1 aliphatic rings. The molecule has 1 N–H and O–H groups in total. The molecule has 0 bridgehead atoms. The van der Waals surface area contributed by atoms with Crippen molar-refractivity contribution in [2.45, 2.75) is 52.6 Å². The summed E-state index contributed by atoms with van der Waals surface area (Å²) in [6.07, 6.45) is 3.88. The molecule has 0 radical (unpaired) electrons. The predicted molar refractivity (Wildman–Crippen MR) is 79.3 cm³/mol. The molecule has 0 aliphatic heterocycles. The summed E-state index contributed by atoms with van der Waals surface area (Å²) in [4.78, 5) is 0. The van der Waals surface area contributed by atoms with Crippen LogP contribution < -0.4 is 5.32 Å². The van der Waals surface area contributed by atoms with E-state index in [2.05, 4.69) is 38.2 Å². The van der Waals surface area contributed by atoms with Gasteiger partial charge in [-0.1, -0.05) is 24.1 Å². The van der Waals surface area contributed by atoms with Crippen LogP contribution in [0.3, 0.4) is 0 Å². The molecule has 1 aromatic carbocycles. The summed E-state index contributed by atoms with van der Waals surface area (Å²) >= 11 is 6.03. The van der Waals surface area contributed by atoms with E-state index in [1.807, 2.05) is 0 Å². The van der Waals surface area contributed by atoms with Gasteiger partial charge in [0.15, 0.2) is 0 Å². The zero-order valence-corrected chi connectivity index (χ0v) is 12.5. The van der Waals surface area contributed by atoms with Crippen molar-refractivity contribution < 1.29 is 0 Å². The lowest BCUT2D eigenvalue weighted by Crippen LogP contribution is -2.33. The van der Waals surface area contributed by atoms with Crippen LogP contribution in [0.4, 0.5) is 0 Å². The molecule has 0 heterocycles. The number of rotatable bonds is 4. The molecule has 1 fully saturated rings. The fraction of sp³-hybridized carbons (Fsp3) is 0.625. The molecule has 1 aromatic rings. The van der Waals surface area contributed by atoms with E-state index < -0.39 is 0 Å². The van der Waals surface area contributed by atoms with Crippen LogP contribution in [-0.4, -0.2) is 11.9 Å². The summed E-state index contributed by atoms with van der Waals surface area (Å²) in [6.45, 7) is 7.57. The van der Waals surface area contributed by atoms with Crippen molar-refractivity contribution in [2.75, 3.05) is 5.88 Å². The highest BCUT2D eigenvalue weighted by atomic mass is 35.5. The van der Waals surface area contributed by atoms with Gasteiger partial charge in [-0.05, 0) is 56.2 Å². The molecule has 2 atom stereocenters. The molecular weight excluding hydrogens is 242 g/mol. The van der Waals surface area contributed by atoms with Gasteiger partial charge in [-0.2, -0.15) is 0 Å². The number of hydrogen-bond acceptors (Lipinski definition) is 1. The Bertz CT molecular complexity index is 391. The summed E-state index contributed by atoms with van der Waals surface area (Å²) in [5, 5.41) is 3.72. The van der Waals surface area contributed by atoms with Crippen molar-refractivity contribution >= 4 is 11.6 Å². The van der Waals surface area contributed by atoms with Gasteiger partial charge in [0.05, 0.1) is 0 Å². The van der Waals surface area contributed by atoms with E-state index in [1.165, 1.54) is 41.5 Å². The SMILES string of the molecule is Cc1cc(C)c(CNC2CCCC2CCl)c(C)c1. The Labute approximate surface area is 116 Å². The highest BCUT2D eigenvalue weighted by Crippen LogP contribution is 2.27. The third-order valence-corrected chi connectivity index (χ3v) is 4.64. The minimum atomic E-state index is 0.614. The number of benzene rings is 1. The first kappa shape index (κ1) is 13.9. The zero-order valence-electron chi connectivity index (χ0n) is 11.7. The molecular formula is C16H24ClN. The number of hydrogen-bond donors (Lipinski definition) is 1. The largest absolute Gasteiger partial charge is 0.310 e. The average Bonchev–Trinajstić information content (AvgIpc) is 2.75. The van der Waals surface area contributed by atoms with Crippen molar-refractivity contribution in [1.29, 1.82) is 0 Å². The van der Waals surface area contributed by atoms with Gasteiger partial charge in [-0.25, -0.2) is 0 Å². The zero-order chi connectivity index (χ0) is 13.1. The van der Waals surface area contributed by atoms with Crippen LogP contribution in [0, 0.1) is 26.7 Å². The van der Waals surface area contributed by atoms with Crippen LogP contribution in [0.15, 0.2) is 12.1 Å². The monoisotopic (exact) mass is 265 g/mol. The van der Waals surface area contributed by atoms with Gasteiger partial charge in [-0.15, -0.1) is 11.6 Å². The van der Waals surface area contributed by atoms with Crippen LogP contribution >= 0.6 is 11.6 Å². The average molecular weight is 266 g/mol. The molecule has 2 unspecified atom stereocenters. The lowest BCUT2D eigenvalue weighted by Gasteiger charge is -2.20. The van der Waals surface area contributed by atoms with Crippen LogP contribution in [-0.2, 0) is 6.54 Å². The topological polar surface area (TPSA) is 12.0 Å². The Morgan fingerprint density at radius 1 is 1.17 bits per heavy atom. The quantitative estimate of drug-likeness (QED) is 0.808. The van der Waals surface area contributed by atoms with Crippen molar-refractivity contribution in [2.24, 2.45) is 5.92 Å². The van der Waals surface area contributed by atoms with E-state index in [0.717, 1.165) is 12.4 Å². The first-order valence-electron chi connectivity index (χ1n) is 6.98. The predicted octanol–water partition coefficient (Wildman–Crippen LogP) is 4.11. The lowest BCUT2D eigenvalue weighted by atomic mass is 9.99. The fourth-order valence-electron chi connectivity index (χ4n) is 3.21. The van der Waals surface area contributed by atoms with E-state index in [0.29, 0.717) is 12.0 Å². The second-order valence-electron chi connectivity index (χ2n) is 5.71. The van der Waals surface area contributed by atoms with Gasteiger partial charge < -0.3 is 5.32 Å². The van der Waals surface area contributed by atoms with E-state index in [9.17, 15) is 0 Å². The second-order valence-corrected chi connectivity index (χ2v) is 6.02. The van der Waals surface area contributed by atoms with E-state index in [-0.39, 0.29) is 0 Å². The molecule has 2 rings (SSSR count). The van der Waals surface area contributed by atoms with E-state index >= 15 is 0 Å². The third kappa shape index (κ3) is 3.07. The van der Waals surface area contributed by atoms with Gasteiger partial charge in [0.1, 0.15) is 0 Å². The Kier molecular flexibility index (Phi) is 4.69. The standard InChI is InChI=1S/C16H24ClN/c1-11-7-12(2)15(13(3)8-11)10-18-16-6-4-5-14(16)9-17/h7-8,14,16,18H,4-6,9-10H2,1-3H3. The van der Waals surface area contributed by atoms with Crippen molar-refractivity contribution in [3.05, 3.63) is 34.4 Å². The van der Waals surface area contributed by atoms with Gasteiger partial charge in [0.25, 0.3) is 0 Å². The smallest absolute Gasteiger partial charge is 0.0266 e. The number of aryl methyl sites for hydroxylation is 3. The minimum absolute atomic E-state index is 0.614. The maximum atomic E-state index is 6.03. The Balaban J connectivity index is 2.02. The molecule has 0 spiro atoms. The third-order valence-electron chi connectivity index (χ3n) is 4.24. The summed E-state index contributed by atoms with van der Waals surface area (Å²) in [5.41, 5.74) is 5.62. The summed E-state index contributed by atoms with van der Waals surface area (Å²) in [7, 11) is 0. The molecule has 1 aliphatic carbocycles. The Morgan fingerprint density at radius 2 is 1.83 bits per heavy atom. The Hall–Kier alpha value is -0.530. The Morgan fingerprint density at radius 3 is 2.44 bits per heavy atom. The number of nitrogens with one attached hydrogen (secondary N) is 1.